The molecule has 0 spiro atoms. The van der Waals surface area contributed by atoms with Gasteiger partial charge in [0.05, 0.1) is 0 Å². The molecule has 2 unspecified atom stereocenters. The van der Waals surface area contributed by atoms with Gasteiger partial charge in [0.2, 0.25) is 11.8 Å². The second-order valence-electron chi connectivity index (χ2n) is 4.88. The Morgan fingerprint density at radius 3 is 2.85 bits per heavy atom. The molecule has 20 heavy (non-hydrogen) atoms. The summed E-state index contributed by atoms with van der Waals surface area (Å²) in [6.07, 6.45) is 3.65. The predicted octanol–water partition coefficient (Wildman–Crippen LogP) is 0.377. The van der Waals surface area contributed by atoms with Crippen LogP contribution in [0.2, 0.25) is 0 Å². The SMILES string of the molecule is CCC(C(N)=O)N1CC(C(=O)c2cccnc2)CC1=O. The monoisotopic (exact) mass is 275 g/mol. The van der Waals surface area contributed by atoms with Crippen LogP contribution >= 0.6 is 0 Å². The lowest BCUT2D eigenvalue weighted by molar-refractivity contribution is -0.136. The van der Waals surface area contributed by atoms with E-state index in [-0.39, 0.29) is 24.7 Å². The van der Waals surface area contributed by atoms with Gasteiger partial charge in [0.15, 0.2) is 5.78 Å². The van der Waals surface area contributed by atoms with Crippen molar-refractivity contribution in [3.8, 4) is 0 Å². The van der Waals surface area contributed by atoms with Gasteiger partial charge < -0.3 is 10.6 Å². The molecule has 1 aliphatic rings. The van der Waals surface area contributed by atoms with Crippen LogP contribution in [0.5, 0.6) is 0 Å². The number of rotatable bonds is 5. The van der Waals surface area contributed by atoms with Crippen molar-refractivity contribution in [2.24, 2.45) is 11.7 Å². The first kappa shape index (κ1) is 14.2. The van der Waals surface area contributed by atoms with Crippen molar-refractivity contribution in [3.05, 3.63) is 30.1 Å². The van der Waals surface area contributed by atoms with Gasteiger partial charge in [-0.2, -0.15) is 0 Å². The smallest absolute Gasteiger partial charge is 0.240 e. The van der Waals surface area contributed by atoms with Gasteiger partial charge in [0.1, 0.15) is 6.04 Å². The van der Waals surface area contributed by atoms with Crippen molar-refractivity contribution in [1.82, 2.24) is 9.88 Å². The van der Waals surface area contributed by atoms with Gasteiger partial charge in [-0.05, 0) is 18.6 Å². The van der Waals surface area contributed by atoms with Crippen LogP contribution in [0, 0.1) is 5.92 Å². The quantitative estimate of drug-likeness (QED) is 0.786. The summed E-state index contributed by atoms with van der Waals surface area (Å²) in [7, 11) is 0. The molecule has 2 amide bonds. The molecule has 2 N–H and O–H groups in total. The molecule has 2 atom stereocenters. The van der Waals surface area contributed by atoms with Crippen LogP contribution in [0.3, 0.4) is 0 Å². The fraction of sp³-hybridized carbons (Fsp3) is 0.429. The molecule has 6 heteroatoms. The Morgan fingerprint density at radius 1 is 1.55 bits per heavy atom. The van der Waals surface area contributed by atoms with E-state index in [1.807, 2.05) is 0 Å². The number of Topliss-reactive ketones (excluding diaryl/α,β-unsaturated/α-hetero) is 1. The van der Waals surface area contributed by atoms with Crippen molar-refractivity contribution in [3.63, 3.8) is 0 Å². The molecule has 2 heterocycles. The summed E-state index contributed by atoms with van der Waals surface area (Å²) in [5, 5.41) is 0. The average Bonchev–Trinajstić information content (AvgIpc) is 2.81. The van der Waals surface area contributed by atoms with Gasteiger partial charge in [-0.3, -0.25) is 19.4 Å². The van der Waals surface area contributed by atoms with Crippen molar-refractivity contribution in [2.75, 3.05) is 6.54 Å². The lowest BCUT2D eigenvalue weighted by atomic mass is 9.98. The number of ketones is 1. The van der Waals surface area contributed by atoms with E-state index >= 15 is 0 Å². The number of hydrogen-bond acceptors (Lipinski definition) is 4. The Morgan fingerprint density at radius 2 is 2.30 bits per heavy atom. The maximum atomic E-state index is 12.3. The summed E-state index contributed by atoms with van der Waals surface area (Å²) in [5.41, 5.74) is 5.78. The van der Waals surface area contributed by atoms with E-state index < -0.39 is 17.9 Å². The minimum absolute atomic E-state index is 0.117. The number of nitrogens with two attached hydrogens (primary N) is 1. The van der Waals surface area contributed by atoms with E-state index in [0.29, 0.717) is 12.0 Å². The zero-order chi connectivity index (χ0) is 14.7. The molecule has 1 saturated heterocycles. The Hall–Kier alpha value is -2.24. The first-order valence-electron chi connectivity index (χ1n) is 6.57. The van der Waals surface area contributed by atoms with Gasteiger partial charge in [0.25, 0.3) is 0 Å². The Kier molecular flexibility index (Phi) is 4.12. The fourth-order valence-corrected chi connectivity index (χ4v) is 2.53. The molecule has 6 nitrogen and oxygen atoms in total. The summed E-state index contributed by atoms with van der Waals surface area (Å²) in [5.74, 6) is -1.28. The topological polar surface area (TPSA) is 93.4 Å². The van der Waals surface area contributed by atoms with Gasteiger partial charge >= 0.3 is 0 Å². The molecule has 0 saturated carbocycles. The van der Waals surface area contributed by atoms with Crippen LogP contribution < -0.4 is 5.73 Å². The zero-order valence-electron chi connectivity index (χ0n) is 11.3. The summed E-state index contributed by atoms with van der Waals surface area (Å²) < 4.78 is 0. The Labute approximate surface area is 117 Å². The molecule has 1 aromatic rings. The highest BCUT2D eigenvalue weighted by Crippen LogP contribution is 2.24. The van der Waals surface area contributed by atoms with Crippen LogP contribution in [0.25, 0.3) is 0 Å². The zero-order valence-corrected chi connectivity index (χ0v) is 11.3. The fourth-order valence-electron chi connectivity index (χ4n) is 2.53. The molecule has 1 fully saturated rings. The third-order valence-electron chi connectivity index (χ3n) is 3.57. The molecule has 0 aromatic carbocycles. The number of hydrogen-bond donors (Lipinski definition) is 1. The van der Waals surface area contributed by atoms with Gasteiger partial charge in [-0.25, -0.2) is 0 Å². The average molecular weight is 275 g/mol. The second kappa shape index (κ2) is 5.81. The molecular formula is C14H17N3O3. The number of pyridine rings is 1. The van der Waals surface area contributed by atoms with E-state index in [9.17, 15) is 14.4 Å². The lowest BCUT2D eigenvalue weighted by Crippen LogP contribution is -2.45. The Balaban J connectivity index is 2.13. The van der Waals surface area contributed by atoms with Crippen molar-refractivity contribution in [2.45, 2.75) is 25.8 Å². The number of amides is 2. The van der Waals surface area contributed by atoms with Crippen LogP contribution in [0.4, 0.5) is 0 Å². The van der Waals surface area contributed by atoms with Gasteiger partial charge in [-0.1, -0.05) is 6.92 Å². The van der Waals surface area contributed by atoms with E-state index in [2.05, 4.69) is 4.98 Å². The van der Waals surface area contributed by atoms with E-state index in [1.54, 1.807) is 25.3 Å². The molecule has 0 bridgehead atoms. The third kappa shape index (κ3) is 2.68. The molecule has 0 aliphatic carbocycles. The summed E-state index contributed by atoms with van der Waals surface area (Å²) in [6.45, 7) is 2.03. The standard InChI is InChI=1S/C14H17N3O3/c1-2-11(14(15)20)17-8-10(6-12(17)18)13(19)9-4-3-5-16-7-9/h3-5,7,10-11H,2,6,8H2,1H3,(H2,15,20). The van der Waals surface area contributed by atoms with E-state index in [1.165, 1.54) is 11.1 Å². The number of carbonyl (C=O) groups is 3. The molecule has 106 valence electrons. The lowest BCUT2D eigenvalue weighted by Gasteiger charge is -2.24. The highest BCUT2D eigenvalue weighted by atomic mass is 16.2. The second-order valence-corrected chi connectivity index (χ2v) is 4.88. The summed E-state index contributed by atoms with van der Waals surface area (Å²) in [6, 6.07) is 2.72. The summed E-state index contributed by atoms with van der Waals surface area (Å²) in [4.78, 5) is 40.9. The van der Waals surface area contributed by atoms with Crippen molar-refractivity contribution in [1.29, 1.82) is 0 Å². The van der Waals surface area contributed by atoms with Gasteiger partial charge in [-0.15, -0.1) is 0 Å². The van der Waals surface area contributed by atoms with E-state index in [0.717, 1.165) is 0 Å². The Bertz CT molecular complexity index is 530. The normalized spacial score (nSPS) is 19.9. The van der Waals surface area contributed by atoms with Crippen LogP contribution in [0.1, 0.15) is 30.1 Å². The maximum absolute atomic E-state index is 12.3. The van der Waals surface area contributed by atoms with E-state index in [4.69, 9.17) is 5.73 Å². The number of nitrogens with zero attached hydrogens (tertiary/aromatic N) is 2. The number of aromatic nitrogens is 1. The molecule has 1 aliphatic heterocycles. The summed E-state index contributed by atoms with van der Waals surface area (Å²) >= 11 is 0. The van der Waals surface area contributed by atoms with Crippen LogP contribution in [0.15, 0.2) is 24.5 Å². The first-order valence-corrected chi connectivity index (χ1v) is 6.57. The minimum Gasteiger partial charge on any atom is -0.368 e. The van der Waals surface area contributed by atoms with Crippen molar-refractivity contribution < 1.29 is 14.4 Å². The van der Waals surface area contributed by atoms with Crippen LogP contribution in [-0.4, -0.2) is 40.1 Å². The number of carbonyl (C=O) groups excluding carboxylic acids is 3. The molecule has 1 aromatic heterocycles. The highest BCUT2D eigenvalue weighted by molar-refractivity contribution is 6.01. The minimum atomic E-state index is -0.630. The van der Waals surface area contributed by atoms with Crippen LogP contribution in [-0.2, 0) is 9.59 Å². The first-order chi connectivity index (χ1) is 9.54. The molecule has 0 radical (unpaired) electrons. The van der Waals surface area contributed by atoms with Crippen molar-refractivity contribution >= 4 is 17.6 Å². The molecule has 2 rings (SSSR count). The van der Waals surface area contributed by atoms with Gasteiger partial charge in [0, 0.05) is 36.8 Å². The third-order valence-corrected chi connectivity index (χ3v) is 3.57. The predicted molar refractivity (Wildman–Crippen MR) is 71.7 cm³/mol. The largest absolute Gasteiger partial charge is 0.368 e. The number of likely N-dealkylation sites (tertiary alicyclic amines) is 1. The maximum Gasteiger partial charge on any atom is 0.240 e. The number of primary amides is 1. The highest BCUT2D eigenvalue weighted by Gasteiger charge is 2.39. The molecular weight excluding hydrogens is 258 g/mol.